The maximum Gasteiger partial charge on any atom is 0.347 e. The van der Waals surface area contributed by atoms with Gasteiger partial charge in [0.1, 0.15) is 5.75 Å². The van der Waals surface area contributed by atoms with Crippen molar-refractivity contribution in [3.63, 3.8) is 0 Å². The maximum atomic E-state index is 12.0. The standard InChI is InChI=1S/C19H20BrNO4/c1-12-5-4-6-16(9-12)25-14(3)19(23)24-11-18(22)21-17-8-7-15(20)10-13(17)2/h4-10,14H,11H2,1-3H3,(H,21,22)/t14-/m1/s1. The first kappa shape index (κ1) is 19.0. The molecule has 0 aliphatic carbocycles. The lowest BCUT2D eigenvalue weighted by Gasteiger charge is -2.14. The average Bonchev–Trinajstić information content (AvgIpc) is 2.55. The Labute approximate surface area is 155 Å². The normalized spacial score (nSPS) is 11.5. The summed E-state index contributed by atoms with van der Waals surface area (Å²) >= 11 is 3.36. The van der Waals surface area contributed by atoms with Crippen LogP contribution in [0.5, 0.6) is 5.75 Å². The number of rotatable bonds is 6. The number of nitrogens with one attached hydrogen (secondary N) is 1. The van der Waals surface area contributed by atoms with E-state index in [1.54, 1.807) is 19.1 Å². The van der Waals surface area contributed by atoms with E-state index in [1.165, 1.54) is 0 Å². The molecule has 5 nitrogen and oxygen atoms in total. The van der Waals surface area contributed by atoms with Crippen molar-refractivity contribution in [3.05, 3.63) is 58.1 Å². The van der Waals surface area contributed by atoms with Gasteiger partial charge in [-0.3, -0.25) is 4.79 Å². The second-order valence-electron chi connectivity index (χ2n) is 5.69. The quantitative estimate of drug-likeness (QED) is 0.737. The van der Waals surface area contributed by atoms with E-state index in [0.29, 0.717) is 11.4 Å². The van der Waals surface area contributed by atoms with Crippen molar-refractivity contribution in [3.8, 4) is 5.75 Å². The minimum absolute atomic E-state index is 0.365. The first-order valence-corrected chi connectivity index (χ1v) is 8.60. The molecule has 2 rings (SSSR count). The number of carbonyl (C=O) groups excluding carboxylic acids is 2. The van der Waals surface area contributed by atoms with E-state index in [0.717, 1.165) is 15.6 Å². The number of hydrogen-bond acceptors (Lipinski definition) is 4. The SMILES string of the molecule is Cc1cccc(O[C@H](C)C(=O)OCC(=O)Nc2ccc(Br)cc2C)c1. The van der Waals surface area contributed by atoms with Gasteiger partial charge in [-0.2, -0.15) is 0 Å². The van der Waals surface area contributed by atoms with Gasteiger partial charge in [0.15, 0.2) is 12.7 Å². The largest absolute Gasteiger partial charge is 0.479 e. The van der Waals surface area contributed by atoms with Crippen molar-refractivity contribution in [2.75, 3.05) is 11.9 Å². The third kappa shape index (κ3) is 5.90. The lowest BCUT2D eigenvalue weighted by molar-refractivity contribution is -0.153. The summed E-state index contributed by atoms with van der Waals surface area (Å²) < 4.78 is 11.5. The van der Waals surface area contributed by atoms with Crippen LogP contribution < -0.4 is 10.1 Å². The van der Waals surface area contributed by atoms with Crippen molar-refractivity contribution in [1.82, 2.24) is 0 Å². The van der Waals surface area contributed by atoms with Crippen molar-refractivity contribution in [2.24, 2.45) is 0 Å². The van der Waals surface area contributed by atoms with Gasteiger partial charge in [-0.1, -0.05) is 28.1 Å². The van der Waals surface area contributed by atoms with Crippen LogP contribution in [-0.4, -0.2) is 24.6 Å². The summed E-state index contributed by atoms with van der Waals surface area (Å²) in [5.41, 5.74) is 2.61. The first-order chi connectivity index (χ1) is 11.8. The molecule has 2 aromatic carbocycles. The summed E-state index contributed by atoms with van der Waals surface area (Å²) in [7, 11) is 0. The molecule has 132 valence electrons. The number of ether oxygens (including phenoxy) is 2. The molecular weight excluding hydrogens is 386 g/mol. The minimum Gasteiger partial charge on any atom is -0.479 e. The van der Waals surface area contributed by atoms with Crippen LogP contribution >= 0.6 is 15.9 Å². The molecule has 0 spiro atoms. The van der Waals surface area contributed by atoms with Gasteiger partial charge in [-0.05, 0) is 62.2 Å². The van der Waals surface area contributed by atoms with Crippen LogP contribution in [0.1, 0.15) is 18.1 Å². The minimum atomic E-state index is -0.802. The molecule has 2 aromatic rings. The highest BCUT2D eigenvalue weighted by Gasteiger charge is 2.18. The van der Waals surface area contributed by atoms with Crippen molar-refractivity contribution in [2.45, 2.75) is 26.9 Å². The van der Waals surface area contributed by atoms with E-state index in [2.05, 4.69) is 21.2 Å². The van der Waals surface area contributed by atoms with Gasteiger partial charge >= 0.3 is 5.97 Å². The predicted octanol–water partition coefficient (Wildman–Crippen LogP) is 4.02. The predicted molar refractivity (Wildman–Crippen MR) is 99.7 cm³/mol. The number of benzene rings is 2. The summed E-state index contributed by atoms with van der Waals surface area (Å²) in [5.74, 6) is -0.412. The van der Waals surface area contributed by atoms with Crippen LogP contribution in [0.15, 0.2) is 46.9 Å². The molecule has 1 amide bonds. The molecule has 0 aliphatic heterocycles. The van der Waals surface area contributed by atoms with Crippen molar-refractivity contribution in [1.29, 1.82) is 0 Å². The molecule has 25 heavy (non-hydrogen) atoms. The lowest BCUT2D eigenvalue weighted by Crippen LogP contribution is -2.29. The second kappa shape index (κ2) is 8.67. The number of aryl methyl sites for hydroxylation is 2. The molecule has 0 radical (unpaired) electrons. The van der Waals surface area contributed by atoms with Gasteiger partial charge < -0.3 is 14.8 Å². The number of halogens is 1. The molecule has 0 aromatic heterocycles. The Kier molecular flexibility index (Phi) is 6.58. The Morgan fingerprint density at radius 3 is 2.60 bits per heavy atom. The molecule has 0 saturated heterocycles. The second-order valence-corrected chi connectivity index (χ2v) is 6.61. The fourth-order valence-corrected chi connectivity index (χ4v) is 2.62. The summed E-state index contributed by atoms with van der Waals surface area (Å²) in [6.45, 7) is 5.03. The molecule has 0 fully saturated rings. The molecule has 0 saturated carbocycles. The van der Waals surface area contributed by atoms with Gasteiger partial charge in [-0.15, -0.1) is 0 Å². The Morgan fingerprint density at radius 2 is 1.92 bits per heavy atom. The van der Waals surface area contributed by atoms with Gasteiger partial charge in [0, 0.05) is 10.2 Å². The zero-order valence-corrected chi connectivity index (χ0v) is 15.9. The van der Waals surface area contributed by atoms with Crippen LogP contribution in [0.2, 0.25) is 0 Å². The Morgan fingerprint density at radius 1 is 1.16 bits per heavy atom. The number of esters is 1. The molecule has 6 heteroatoms. The van der Waals surface area contributed by atoms with Gasteiger partial charge in [0.2, 0.25) is 0 Å². The smallest absolute Gasteiger partial charge is 0.347 e. The summed E-state index contributed by atoms with van der Waals surface area (Å²) in [6, 6.07) is 12.9. The van der Waals surface area contributed by atoms with Crippen LogP contribution in [0.3, 0.4) is 0 Å². The van der Waals surface area contributed by atoms with E-state index in [1.807, 2.05) is 44.2 Å². The van der Waals surface area contributed by atoms with Crippen LogP contribution in [0, 0.1) is 13.8 Å². The molecule has 0 unspecified atom stereocenters. The molecule has 0 heterocycles. The average molecular weight is 406 g/mol. The van der Waals surface area contributed by atoms with E-state index in [9.17, 15) is 9.59 Å². The van der Waals surface area contributed by atoms with Crippen LogP contribution in [0.25, 0.3) is 0 Å². The zero-order valence-electron chi connectivity index (χ0n) is 14.3. The molecule has 0 aliphatic rings. The van der Waals surface area contributed by atoms with Crippen LogP contribution in [-0.2, 0) is 14.3 Å². The third-order valence-electron chi connectivity index (χ3n) is 3.44. The zero-order chi connectivity index (χ0) is 18.4. The van der Waals surface area contributed by atoms with Crippen LogP contribution in [0.4, 0.5) is 5.69 Å². The molecule has 1 atom stereocenters. The van der Waals surface area contributed by atoms with Crippen molar-refractivity contribution < 1.29 is 19.1 Å². The first-order valence-electron chi connectivity index (χ1n) is 7.81. The van der Waals surface area contributed by atoms with E-state index in [-0.39, 0.29) is 6.61 Å². The van der Waals surface area contributed by atoms with Gasteiger partial charge in [0.05, 0.1) is 0 Å². The monoisotopic (exact) mass is 405 g/mol. The van der Waals surface area contributed by atoms with Gasteiger partial charge in [0.25, 0.3) is 5.91 Å². The number of anilines is 1. The fourth-order valence-electron chi connectivity index (χ4n) is 2.15. The van der Waals surface area contributed by atoms with Gasteiger partial charge in [-0.25, -0.2) is 4.79 Å². The van der Waals surface area contributed by atoms with E-state index >= 15 is 0 Å². The highest BCUT2D eigenvalue weighted by atomic mass is 79.9. The Bertz CT molecular complexity index is 776. The third-order valence-corrected chi connectivity index (χ3v) is 3.94. The topological polar surface area (TPSA) is 64.6 Å². The summed E-state index contributed by atoms with van der Waals surface area (Å²) in [4.78, 5) is 23.9. The summed E-state index contributed by atoms with van der Waals surface area (Å²) in [5, 5.41) is 2.71. The highest BCUT2D eigenvalue weighted by Crippen LogP contribution is 2.20. The highest BCUT2D eigenvalue weighted by molar-refractivity contribution is 9.10. The number of amides is 1. The van der Waals surface area contributed by atoms with Crippen molar-refractivity contribution >= 4 is 33.5 Å². The number of carbonyl (C=O) groups is 2. The van der Waals surface area contributed by atoms with E-state index < -0.39 is 18.0 Å². The number of hydrogen-bond donors (Lipinski definition) is 1. The maximum absolute atomic E-state index is 12.0. The molecule has 1 N–H and O–H groups in total. The molecular formula is C19H20BrNO4. The Balaban J connectivity index is 1.83. The summed E-state index contributed by atoms with van der Waals surface area (Å²) in [6.07, 6.45) is -0.802. The van der Waals surface area contributed by atoms with E-state index in [4.69, 9.17) is 9.47 Å². The lowest BCUT2D eigenvalue weighted by atomic mass is 10.2. The molecule has 0 bridgehead atoms. The fraction of sp³-hybridized carbons (Fsp3) is 0.263. The Hall–Kier alpha value is -2.34.